The van der Waals surface area contributed by atoms with Crippen LogP contribution in [0.4, 0.5) is 0 Å². The van der Waals surface area contributed by atoms with Gasteiger partial charge in [-0.2, -0.15) is 0 Å². The highest BCUT2D eigenvalue weighted by Gasteiger charge is 2.44. The van der Waals surface area contributed by atoms with Crippen molar-refractivity contribution >= 4 is 11.8 Å². The molecule has 0 bridgehead atoms. The van der Waals surface area contributed by atoms with Crippen LogP contribution in [-0.2, 0) is 19.9 Å². The van der Waals surface area contributed by atoms with Crippen molar-refractivity contribution in [2.75, 3.05) is 39.9 Å². The molecule has 0 radical (unpaired) electrons. The van der Waals surface area contributed by atoms with Crippen molar-refractivity contribution in [3.05, 3.63) is 24.5 Å². The van der Waals surface area contributed by atoms with Crippen LogP contribution in [0.1, 0.15) is 39.5 Å². The highest BCUT2D eigenvalue weighted by atomic mass is 16.5. The van der Waals surface area contributed by atoms with Crippen LogP contribution in [0.2, 0.25) is 0 Å². The third kappa shape index (κ3) is 3.65. The zero-order chi connectivity index (χ0) is 18.8. The monoisotopic (exact) mass is 361 g/mol. The third-order valence-electron chi connectivity index (χ3n) is 6.04. The Morgan fingerprint density at radius 2 is 1.96 bits per heavy atom. The first kappa shape index (κ1) is 19.0. The fourth-order valence-corrected chi connectivity index (χ4v) is 4.43. The molecule has 2 aliphatic heterocycles. The number of ether oxygens (including phenoxy) is 1. The molecule has 0 aromatic carbocycles. The second-order valence-electron chi connectivity index (χ2n) is 8.29. The van der Waals surface area contributed by atoms with Gasteiger partial charge in [0, 0.05) is 57.5 Å². The third-order valence-corrected chi connectivity index (χ3v) is 6.04. The Balaban J connectivity index is 1.72. The van der Waals surface area contributed by atoms with Gasteiger partial charge >= 0.3 is 0 Å². The lowest BCUT2D eigenvalue weighted by molar-refractivity contribution is -0.147. The van der Waals surface area contributed by atoms with Gasteiger partial charge in [0.2, 0.25) is 11.8 Å². The van der Waals surface area contributed by atoms with Crippen molar-refractivity contribution < 1.29 is 14.3 Å². The van der Waals surface area contributed by atoms with Crippen LogP contribution in [0.25, 0.3) is 0 Å². The Kier molecular flexibility index (Phi) is 5.42. The number of hydrogen-bond donors (Lipinski definition) is 0. The molecule has 6 heteroatoms. The molecule has 0 unspecified atom stereocenters. The SMILES string of the molecule is COCCN1C[C@@]2(CCCN(C(=O)C(C)(C)n3cccc3)C2)CCC1=O. The lowest BCUT2D eigenvalue weighted by atomic mass is 9.73. The molecule has 1 aromatic rings. The first-order valence-corrected chi connectivity index (χ1v) is 9.58. The average Bonchev–Trinajstić information content (AvgIpc) is 3.18. The Hall–Kier alpha value is -1.82. The Morgan fingerprint density at radius 3 is 2.65 bits per heavy atom. The van der Waals surface area contributed by atoms with E-state index in [1.807, 2.05) is 52.7 Å². The van der Waals surface area contributed by atoms with Gasteiger partial charge in [0.25, 0.3) is 0 Å². The summed E-state index contributed by atoms with van der Waals surface area (Å²) in [4.78, 5) is 29.5. The molecular formula is C20H31N3O3. The van der Waals surface area contributed by atoms with Crippen LogP contribution in [0.3, 0.4) is 0 Å². The normalized spacial score (nSPS) is 24.3. The molecule has 6 nitrogen and oxygen atoms in total. The van der Waals surface area contributed by atoms with Crippen molar-refractivity contribution in [1.29, 1.82) is 0 Å². The highest BCUT2D eigenvalue weighted by molar-refractivity contribution is 5.84. The molecular weight excluding hydrogens is 330 g/mol. The number of carbonyl (C=O) groups is 2. The van der Waals surface area contributed by atoms with Crippen molar-refractivity contribution in [2.45, 2.75) is 45.1 Å². The summed E-state index contributed by atoms with van der Waals surface area (Å²) >= 11 is 0. The van der Waals surface area contributed by atoms with E-state index in [0.29, 0.717) is 19.6 Å². The summed E-state index contributed by atoms with van der Waals surface area (Å²) in [6, 6.07) is 3.90. The van der Waals surface area contributed by atoms with Gasteiger partial charge in [-0.15, -0.1) is 0 Å². The smallest absolute Gasteiger partial charge is 0.248 e. The summed E-state index contributed by atoms with van der Waals surface area (Å²) in [5, 5.41) is 0. The van der Waals surface area contributed by atoms with Crippen molar-refractivity contribution in [2.24, 2.45) is 5.41 Å². The van der Waals surface area contributed by atoms with Crippen LogP contribution in [-0.4, -0.2) is 66.1 Å². The topological polar surface area (TPSA) is 54.8 Å². The van der Waals surface area contributed by atoms with Gasteiger partial charge in [0.15, 0.2) is 0 Å². The van der Waals surface area contributed by atoms with Gasteiger partial charge in [0.05, 0.1) is 6.61 Å². The first-order chi connectivity index (χ1) is 12.4. The first-order valence-electron chi connectivity index (χ1n) is 9.58. The average molecular weight is 361 g/mol. The molecule has 26 heavy (non-hydrogen) atoms. The van der Waals surface area contributed by atoms with Gasteiger partial charge in [-0.1, -0.05) is 0 Å². The standard InChI is InChI=1S/C20H31N3O3/c1-19(2,23-11-4-5-12-23)18(25)22-10-6-8-20(16-22)9-7-17(24)21(15-20)13-14-26-3/h4-5,11-12H,6-10,13-16H2,1-3H3/t20-/m1/s1. The molecule has 0 N–H and O–H groups in total. The second-order valence-corrected chi connectivity index (χ2v) is 8.29. The predicted octanol–water partition coefficient (Wildman–Crippen LogP) is 2.10. The molecule has 2 fully saturated rings. The fourth-order valence-electron chi connectivity index (χ4n) is 4.43. The van der Waals surface area contributed by atoms with Crippen molar-refractivity contribution in [1.82, 2.24) is 14.4 Å². The fraction of sp³-hybridized carbons (Fsp3) is 0.700. The number of aromatic nitrogens is 1. The zero-order valence-corrected chi connectivity index (χ0v) is 16.2. The van der Waals surface area contributed by atoms with Crippen LogP contribution >= 0.6 is 0 Å². The molecule has 3 rings (SSSR count). The number of nitrogens with zero attached hydrogens (tertiary/aromatic N) is 3. The maximum Gasteiger partial charge on any atom is 0.248 e. The highest BCUT2D eigenvalue weighted by Crippen LogP contribution is 2.39. The van der Waals surface area contributed by atoms with Gasteiger partial charge in [0.1, 0.15) is 5.54 Å². The Labute approximate surface area is 156 Å². The van der Waals surface area contributed by atoms with Crippen LogP contribution in [0.15, 0.2) is 24.5 Å². The predicted molar refractivity (Wildman–Crippen MR) is 99.7 cm³/mol. The molecule has 0 saturated carbocycles. The minimum absolute atomic E-state index is 0.0301. The van der Waals surface area contributed by atoms with E-state index >= 15 is 0 Å². The molecule has 1 atom stereocenters. The lowest BCUT2D eigenvalue weighted by Crippen LogP contribution is -2.58. The number of amides is 2. The molecule has 2 amide bonds. The van der Waals surface area contributed by atoms with E-state index in [2.05, 4.69) is 0 Å². The van der Waals surface area contributed by atoms with E-state index in [9.17, 15) is 9.59 Å². The quantitative estimate of drug-likeness (QED) is 0.807. The molecule has 2 saturated heterocycles. The van der Waals surface area contributed by atoms with Crippen LogP contribution < -0.4 is 0 Å². The van der Waals surface area contributed by atoms with E-state index in [-0.39, 0.29) is 17.2 Å². The lowest BCUT2D eigenvalue weighted by Gasteiger charge is -2.49. The number of piperidine rings is 2. The van der Waals surface area contributed by atoms with E-state index in [1.165, 1.54) is 0 Å². The molecule has 144 valence electrons. The van der Waals surface area contributed by atoms with Gasteiger partial charge in [-0.25, -0.2) is 0 Å². The van der Waals surface area contributed by atoms with Gasteiger partial charge in [-0.3, -0.25) is 9.59 Å². The van der Waals surface area contributed by atoms with Gasteiger partial charge in [-0.05, 0) is 45.2 Å². The summed E-state index contributed by atoms with van der Waals surface area (Å²) in [7, 11) is 1.66. The summed E-state index contributed by atoms with van der Waals surface area (Å²) in [6.07, 6.45) is 7.43. The number of rotatable bonds is 5. The largest absolute Gasteiger partial charge is 0.383 e. The number of likely N-dealkylation sites (tertiary alicyclic amines) is 2. The van der Waals surface area contributed by atoms with Gasteiger partial charge < -0.3 is 19.1 Å². The van der Waals surface area contributed by atoms with E-state index in [1.54, 1.807) is 7.11 Å². The number of methoxy groups -OCH3 is 1. The van der Waals surface area contributed by atoms with Crippen molar-refractivity contribution in [3.8, 4) is 0 Å². The summed E-state index contributed by atoms with van der Waals surface area (Å²) in [6.45, 7) is 7.44. The Morgan fingerprint density at radius 1 is 1.23 bits per heavy atom. The maximum atomic E-state index is 13.3. The molecule has 1 spiro atoms. The number of carbonyl (C=O) groups excluding carboxylic acids is 2. The summed E-state index contributed by atoms with van der Waals surface area (Å²) in [5.74, 6) is 0.372. The van der Waals surface area contributed by atoms with E-state index < -0.39 is 5.54 Å². The minimum Gasteiger partial charge on any atom is -0.383 e. The summed E-state index contributed by atoms with van der Waals surface area (Å²) < 4.78 is 7.13. The maximum absolute atomic E-state index is 13.3. The Bertz CT molecular complexity index is 641. The summed E-state index contributed by atoms with van der Waals surface area (Å²) in [5.41, 5.74) is -0.565. The molecule has 0 aliphatic carbocycles. The van der Waals surface area contributed by atoms with E-state index in [4.69, 9.17) is 4.74 Å². The van der Waals surface area contributed by atoms with Crippen LogP contribution in [0, 0.1) is 5.41 Å². The second kappa shape index (κ2) is 7.43. The van der Waals surface area contributed by atoms with Crippen LogP contribution in [0.5, 0.6) is 0 Å². The zero-order valence-electron chi connectivity index (χ0n) is 16.2. The number of hydrogen-bond acceptors (Lipinski definition) is 3. The molecule has 1 aromatic heterocycles. The minimum atomic E-state index is -0.595. The van der Waals surface area contributed by atoms with Crippen molar-refractivity contribution in [3.63, 3.8) is 0 Å². The molecule has 3 heterocycles. The van der Waals surface area contributed by atoms with E-state index in [0.717, 1.165) is 38.9 Å². The molecule has 2 aliphatic rings.